The minimum absolute atomic E-state index is 0.0202. The Morgan fingerprint density at radius 2 is 2.40 bits per heavy atom. The van der Waals surface area contributed by atoms with Gasteiger partial charge in [-0.1, -0.05) is 0 Å². The molecule has 0 N–H and O–H groups in total. The summed E-state index contributed by atoms with van der Waals surface area (Å²) in [5.74, 6) is 0.0644. The van der Waals surface area contributed by atoms with Crippen LogP contribution in [0.5, 0.6) is 0 Å². The highest BCUT2D eigenvalue weighted by atomic mass is 16.5. The monoisotopic (exact) mass is 208 g/mol. The first-order chi connectivity index (χ1) is 7.20. The van der Waals surface area contributed by atoms with Gasteiger partial charge in [-0.25, -0.2) is 4.68 Å². The van der Waals surface area contributed by atoms with E-state index >= 15 is 0 Å². The third-order valence-corrected chi connectivity index (χ3v) is 2.85. The molecule has 1 fully saturated rings. The summed E-state index contributed by atoms with van der Waals surface area (Å²) in [7, 11) is 0. The first-order valence-corrected chi connectivity index (χ1v) is 5.37. The van der Waals surface area contributed by atoms with Crippen LogP contribution in [-0.2, 0) is 4.74 Å². The second kappa shape index (κ2) is 4.14. The van der Waals surface area contributed by atoms with Crippen molar-refractivity contribution in [1.29, 1.82) is 0 Å². The molecule has 2 rings (SSSR count). The van der Waals surface area contributed by atoms with E-state index in [9.17, 15) is 4.79 Å². The molecule has 1 atom stereocenters. The molecule has 1 saturated heterocycles. The normalized spacial score (nSPS) is 21.6. The molecule has 1 aliphatic heterocycles. The maximum absolute atomic E-state index is 11.3. The van der Waals surface area contributed by atoms with Crippen molar-refractivity contribution in [2.45, 2.75) is 39.3 Å². The Bertz CT molecular complexity index is 365. The number of hydrogen-bond acceptors (Lipinski definition) is 3. The zero-order chi connectivity index (χ0) is 10.8. The minimum Gasteiger partial charge on any atom is -0.357 e. The highest BCUT2D eigenvalue weighted by Gasteiger charge is 2.20. The molecule has 2 heterocycles. The molecule has 1 aromatic heterocycles. The van der Waals surface area contributed by atoms with Crippen molar-refractivity contribution < 1.29 is 9.53 Å². The van der Waals surface area contributed by atoms with E-state index in [4.69, 9.17) is 4.74 Å². The van der Waals surface area contributed by atoms with Crippen molar-refractivity contribution in [3.63, 3.8) is 0 Å². The topological polar surface area (TPSA) is 44.1 Å². The lowest BCUT2D eigenvalue weighted by atomic mass is 10.1. The number of ether oxygens (including phenoxy) is 1. The maximum Gasteiger partial charge on any atom is 0.163 e. The number of hydrogen-bond donors (Lipinski definition) is 0. The zero-order valence-corrected chi connectivity index (χ0v) is 9.19. The van der Waals surface area contributed by atoms with Gasteiger partial charge in [-0.2, -0.15) is 5.10 Å². The average molecular weight is 208 g/mol. The van der Waals surface area contributed by atoms with Crippen LogP contribution in [0.25, 0.3) is 0 Å². The predicted molar refractivity (Wildman–Crippen MR) is 55.8 cm³/mol. The highest BCUT2D eigenvalue weighted by Crippen LogP contribution is 2.24. The number of aromatic nitrogens is 2. The molecule has 4 nitrogen and oxygen atoms in total. The van der Waals surface area contributed by atoms with Crippen LogP contribution in [0, 0.1) is 6.92 Å². The average Bonchev–Trinajstić information content (AvgIpc) is 2.61. The molecule has 0 spiro atoms. The summed E-state index contributed by atoms with van der Waals surface area (Å²) in [6, 6.07) is 0. The van der Waals surface area contributed by atoms with Gasteiger partial charge in [0.2, 0.25) is 0 Å². The molecule has 0 aromatic carbocycles. The van der Waals surface area contributed by atoms with Crippen molar-refractivity contribution >= 4 is 5.78 Å². The van der Waals surface area contributed by atoms with Gasteiger partial charge >= 0.3 is 0 Å². The van der Waals surface area contributed by atoms with Crippen molar-refractivity contribution in [1.82, 2.24) is 9.78 Å². The van der Waals surface area contributed by atoms with Crippen LogP contribution in [0.2, 0.25) is 0 Å². The summed E-state index contributed by atoms with van der Waals surface area (Å²) in [6.07, 6.45) is 4.93. The molecule has 0 bridgehead atoms. The Morgan fingerprint density at radius 1 is 1.60 bits per heavy atom. The summed E-state index contributed by atoms with van der Waals surface area (Å²) >= 11 is 0. The Hall–Kier alpha value is -1.16. The molecule has 0 saturated carbocycles. The van der Waals surface area contributed by atoms with Gasteiger partial charge in [-0.15, -0.1) is 0 Å². The summed E-state index contributed by atoms with van der Waals surface area (Å²) < 4.78 is 7.46. The van der Waals surface area contributed by atoms with E-state index in [-0.39, 0.29) is 12.0 Å². The van der Waals surface area contributed by atoms with E-state index in [1.165, 1.54) is 6.42 Å². The summed E-state index contributed by atoms with van der Waals surface area (Å²) in [4.78, 5) is 11.3. The Labute approximate surface area is 89.2 Å². The molecule has 82 valence electrons. The smallest absolute Gasteiger partial charge is 0.163 e. The van der Waals surface area contributed by atoms with Crippen molar-refractivity contribution in [3.05, 3.63) is 17.5 Å². The molecule has 0 radical (unpaired) electrons. The van der Waals surface area contributed by atoms with Gasteiger partial charge in [-0.05, 0) is 33.1 Å². The van der Waals surface area contributed by atoms with Gasteiger partial charge in [0.1, 0.15) is 6.23 Å². The molecule has 4 heteroatoms. The van der Waals surface area contributed by atoms with Crippen molar-refractivity contribution in [2.75, 3.05) is 6.61 Å². The first-order valence-electron chi connectivity index (χ1n) is 5.37. The highest BCUT2D eigenvalue weighted by molar-refractivity contribution is 5.94. The van der Waals surface area contributed by atoms with E-state index in [0.717, 1.165) is 25.1 Å². The third kappa shape index (κ3) is 1.95. The van der Waals surface area contributed by atoms with Crippen LogP contribution in [-0.4, -0.2) is 22.2 Å². The fraction of sp³-hybridized carbons (Fsp3) is 0.636. The fourth-order valence-corrected chi connectivity index (χ4v) is 1.98. The Balaban J connectivity index is 2.24. The zero-order valence-electron chi connectivity index (χ0n) is 9.19. The number of ketones is 1. The standard InChI is InChI=1S/C11H16N2O2/c1-8-10(9(2)14)7-12-13(8)11-5-3-4-6-15-11/h7,11H,3-6H2,1-2H3. The second-order valence-electron chi connectivity index (χ2n) is 3.97. The van der Waals surface area contributed by atoms with Gasteiger partial charge in [0, 0.05) is 12.3 Å². The largest absolute Gasteiger partial charge is 0.357 e. The van der Waals surface area contributed by atoms with E-state index in [0.29, 0.717) is 5.56 Å². The SMILES string of the molecule is CC(=O)c1cnn(C2CCCCO2)c1C. The molecule has 0 amide bonds. The first kappa shape index (κ1) is 10.4. The molecular weight excluding hydrogens is 192 g/mol. The van der Waals surface area contributed by atoms with E-state index < -0.39 is 0 Å². The quantitative estimate of drug-likeness (QED) is 0.699. The van der Waals surface area contributed by atoms with Gasteiger partial charge in [0.15, 0.2) is 5.78 Å². The predicted octanol–water partition coefficient (Wildman–Crippen LogP) is 2.09. The summed E-state index contributed by atoms with van der Waals surface area (Å²) in [6.45, 7) is 4.27. The van der Waals surface area contributed by atoms with Crippen LogP contribution in [0.3, 0.4) is 0 Å². The Kier molecular flexibility index (Phi) is 2.86. The molecule has 1 aromatic rings. The fourth-order valence-electron chi connectivity index (χ4n) is 1.98. The van der Waals surface area contributed by atoms with Gasteiger partial charge in [-0.3, -0.25) is 4.79 Å². The number of rotatable bonds is 2. The van der Waals surface area contributed by atoms with Crippen LogP contribution >= 0.6 is 0 Å². The third-order valence-electron chi connectivity index (χ3n) is 2.85. The van der Waals surface area contributed by atoms with Crippen LogP contribution in [0.15, 0.2) is 6.20 Å². The van der Waals surface area contributed by atoms with Crippen LogP contribution in [0.1, 0.15) is 48.5 Å². The van der Waals surface area contributed by atoms with Crippen molar-refractivity contribution in [2.24, 2.45) is 0 Å². The number of carbonyl (C=O) groups excluding carboxylic acids is 1. The molecule has 0 aliphatic carbocycles. The van der Waals surface area contributed by atoms with E-state index in [1.807, 2.05) is 11.6 Å². The summed E-state index contributed by atoms with van der Waals surface area (Å²) in [5.41, 5.74) is 1.61. The lowest BCUT2D eigenvalue weighted by molar-refractivity contribution is -0.0406. The number of nitrogens with zero attached hydrogens (tertiary/aromatic N) is 2. The van der Waals surface area contributed by atoms with Gasteiger partial charge in [0.05, 0.1) is 11.8 Å². The summed E-state index contributed by atoms with van der Waals surface area (Å²) in [5, 5.41) is 4.23. The number of Topliss-reactive ketones (excluding diaryl/α,β-unsaturated/α-hetero) is 1. The molecular formula is C11H16N2O2. The second-order valence-corrected chi connectivity index (χ2v) is 3.97. The van der Waals surface area contributed by atoms with E-state index in [1.54, 1.807) is 13.1 Å². The lowest BCUT2D eigenvalue weighted by Gasteiger charge is -2.23. The maximum atomic E-state index is 11.3. The van der Waals surface area contributed by atoms with E-state index in [2.05, 4.69) is 5.10 Å². The molecule has 15 heavy (non-hydrogen) atoms. The number of carbonyl (C=O) groups is 1. The van der Waals surface area contributed by atoms with Crippen LogP contribution < -0.4 is 0 Å². The lowest BCUT2D eigenvalue weighted by Crippen LogP contribution is -2.20. The van der Waals surface area contributed by atoms with Gasteiger partial charge < -0.3 is 4.74 Å². The molecule has 1 unspecified atom stereocenters. The van der Waals surface area contributed by atoms with Gasteiger partial charge in [0.25, 0.3) is 0 Å². The minimum atomic E-state index is 0.0202. The van der Waals surface area contributed by atoms with Crippen molar-refractivity contribution in [3.8, 4) is 0 Å². The van der Waals surface area contributed by atoms with Crippen LogP contribution in [0.4, 0.5) is 0 Å². The molecule has 1 aliphatic rings. The Morgan fingerprint density at radius 3 is 2.93 bits per heavy atom.